The maximum absolute atomic E-state index is 13.0. The fraction of sp³-hybridized carbons (Fsp3) is 0.450. The number of hydrogen-bond donors (Lipinski definition) is 1. The minimum absolute atomic E-state index is 0.0624. The Morgan fingerprint density at radius 1 is 1.25 bits per heavy atom. The number of carbonyl (C=O) groups is 2. The fourth-order valence-corrected chi connectivity index (χ4v) is 3.31. The molecule has 0 radical (unpaired) electrons. The van der Waals surface area contributed by atoms with E-state index in [4.69, 9.17) is 14.6 Å². The Hall–Kier alpha value is -3.03. The van der Waals surface area contributed by atoms with Crippen LogP contribution < -0.4 is 9.47 Å². The number of rotatable bonds is 6. The highest BCUT2D eigenvalue weighted by molar-refractivity contribution is 5.97. The van der Waals surface area contributed by atoms with Crippen LogP contribution >= 0.6 is 0 Å². The number of methoxy groups -OCH3 is 1. The molecule has 150 valence electrons. The summed E-state index contributed by atoms with van der Waals surface area (Å²) in [6.07, 6.45) is 4.26. The van der Waals surface area contributed by atoms with E-state index in [1.54, 1.807) is 41.1 Å². The van der Waals surface area contributed by atoms with E-state index < -0.39 is 5.97 Å². The van der Waals surface area contributed by atoms with Gasteiger partial charge in [-0.25, -0.2) is 4.79 Å². The number of hydrogen-bond acceptors (Lipinski definition) is 5. The van der Waals surface area contributed by atoms with Crippen molar-refractivity contribution >= 4 is 11.9 Å². The lowest BCUT2D eigenvalue weighted by molar-refractivity contribution is 0.0682. The van der Waals surface area contributed by atoms with Crippen LogP contribution in [0.5, 0.6) is 11.5 Å². The molecule has 0 aliphatic carbocycles. The zero-order valence-corrected chi connectivity index (χ0v) is 16.3. The topological polar surface area (TPSA) is 93.9 Å². The van der Waals surface area contributed by atoms with Gasteiger partial charge in [-0.15, -0.1) is 0 Å². The third kappa shape index (κ3) is 4.27. The van der Waals surface area contributed by atoms with Crippen LogP contribution in [0.25, 0.3) is 0 Å². The summed E-state index contributed by atoms with van der Waals surface area (Å²) in [5.74, 6) is 0.0815. The Labute approximate surface area is 163 Å². The Morgan fingerprint density at radius 2 is 1.96 bits per heavy atom. The number of carboxylic acid groups (broad SMARTS) is 1. The number of carbonyl (C=O) groups excluding carboxylic acids is 1. The van der Waals surface area contributed by atoms with Crippen molar-refractivity contribution in [1.82, 2.24) is 14.7 Å². The molecule has 8 nitrogen and oxygen atoms in total. The van der Waals surface area contributed by atoms with Gasteiger partial charge in [-0.05, 0) is 38.8 Å². The number of aromatic carboxylic acids is 1. The van der Waals surface area contributed by atoms with Crippen LogP contribution in [0.3, 0.4) is 0 Å². The van der Waals surface area contributed by atoms with Crippen LogP contribution in [0, 0.1) is 0 Å². The summed E-state index contributed by atoms with van der Waals surface area (Å²) in [7, 11) is 1.58. The monoisotopic (exact) mass is 387 g/mol. The predicted molar refractivity (Wildman–Crippen MR) is 102 cm³/mol. The molecule has 1 fully saturated rings. The van der Waals surface area contributed by atoms with Crippen molar-refractivity contribution in [2.45, 2.75) is 38.8 Å². The Morgan fingerprint density at radius 3 is 2.54 bits per heavy atom. The molecule has 0 unspecified atom stereocenters. The van der Waals surface area contributed by atoms with E-state index >= 15 is 0 Å². The summed E-state index contributed by atoms with van der Waals surface area (Å²) in [6.45, 7) is 4.96. The smallest absolute Gasteiger partial charge is 0.338 e. The molecule has 0 saturated carbocycles. The van der Waals surface area contributed by atoms with E-state index in [9.17, 15) is 9.59 Å². The summed E-state index contributed by atoms with van der Waals surface area (Å²) < 4.78 is 12.7. The molecule has 0 bridgehead atoms. The largest absolute Gasteiger partial charge is 0.497 e. The number of amides is 1. The van der Waals surface area contributed by atoms with Gasteiger partial charge < -0.3 is 19.5 Å². The summed E-state index contributed by atoms with van der Waals surface area (Å²) >= 11 is 0. The molecule has 1 amide bonds. The molecule has 1 aliphatic rings. The molecule has 1 aliphatic heterocycles. The maximum atomic E-state index is 13.0. The number of ether oxygens (including phenoxy) is 2. The second-order valence-electron chi connectivity index (χ2n) is 7.07. The van der Waals surface area contributed by atoms with Crippen LogP contribution in [-0.2, 0) is 0 Å². The molecule has 1 N–H and O–H groups in total. The third-order valence-corrected chi connectivity index (χ3v) is 4.76. The van der Waals surface area contributed by atoms with Gasteiger partial charge in [0.1, 0.15) is 11.5 Å². The number of aromatic nitrogens is 2. The van der Waals surface area contributed by atoms with Gasteiger partial charge in [0.25, 0.3) is 5.91 Å². The highest BCUT2D eigenvalue weighted by Gasteiger charge is 2.27. The fourth-order valence-electron chi connectivity index (χ4n) is 3.31. The van der Waals surface area contributed by atoms with Gasteiger partial charge in [0.2, 0.25) is 0 Å². The second kappa shape index (κ2) is 8.33. The number of piperidine rings is 1. The average molecular weight is 387 g/mol. The molecule has 2 heterocycles. The van der Waals surface area contributed by atoms with E-state index in [-0.39, 0.29) is 23.6 Å². The molecule has 2 aromatic rings. The van der Waals surface area contributed by atoms with E-state index in [0.29, 0.717) is 43.0 Å². The molecule has 1 aromatic carbocycles. The summed E-state index contributed by atoms with van der Waals surface area (Å²) in [5, 5.41) is 13.2. The van der Waals surface area contributed by atoms with Crippen molar-refractivity contribution in [3.63, 3.8) is 0 Å². The summed E-state index contributed by atoms with van der Waals surface area (Å²) in [6, 6.07) is 5.30. The predicted octanol–water partition coefficient (Wildman–Crippen LogP) is 2.85. The first kappa shape index (κ1) is 19.7. The molecule has 0 spiro atoms. The minimum Gasteiger partial charge on any atom is -0.497 e. The summed E-state index contributed by atoms with van der Waals surface area (Å²) in [5.41, 5.74) is 0.687. The van der Waals surface area contributed by atoms with E-state index in [2.05, 4.69) is 5.10 Å². The number of likely N-dealkylation sites (tertiary alicyclic amines) is 1. The average Bonchev–Trinajstić information content (AvgIpc) is 3.17. The maximum Gasteiger partial charge on any atom is 0.338 e. The normalized spacial score (nSPS) is 14.9. The zero-order chi connectivity index (χ0) is 20.3. The summed E-state index contributed by atoms with van der Waals surface area (Å²) in [4.78, 5) is 25.9. The van der Waals surface area contributed by atoms with Crippen LogP contribution in [0.2, 0.25) is 0 Å². The van der Waals surface area contributed by atoms with Crippen LogP contribution in [0.1, 0.15) is 53.4 Å². The Kier molecular flexibility index (Phi) is 5.87. The van der Waals surface area contributed by atoms with Crippen molar-refractivity contribution in [1.29, 1.82) is 0 Å². The third-order valence-electron chi connectivity index (χ3n) is 4.76. The van der Waals surface area contributed by atoms with Crippen molar-refractivity contribution in [3.8, 4) is 11.5 Å². The van der Waals surface area contributed by atoms with Crippen molar-refractivity contribution in [2.75, 3.05) is 20.2 Å². The SMILES string of the molecule is COc1ccc(C(=O)N2CCC(n3cc(C(=O)O)cn3)CC2)c(OC(C)C)c1. The lowest BCUT2D eigenvalue weighted by Gasteiger charge is -2.32. The van der Waals surface area contributed by atoms with Crippen molar-refractivity contribution in [2.24, 2.45) is 0 Å². The van der Waals surface area contributed by atoms with Crippen LogP contribution in [0.15, 0.2) is 30.6 Å². The van der Waals surface area contributed by atoms with Crippen molar-refractivity contribution in [3.05, 3.63) is 41.7 Å². The quantitative estimate of drug-likeness (QED) is 0.819. The van der Waals surface area contributed by atoms with Gasteiger partial charge in [-0.3, -0.25) is 9.48 Å². The molecule has 28 heavy (non-hydrogen) atoms. The van der Waals surface area contributed by atoms with Crippen LogP contribution in [-0.4, -0.2) is 58.0 Å². The lowest BCUT2D eigenvalue weighted by atomic mass is 10.0. The first-order chi connectivity index (χ1) is 13.4. The van der Waals surface area contributed by atoms with Crippen LogP contribution in [0.4, 0.5) is 0 Å². The number of carboxylic acids is 1. The molecular weight excluding hydrogens is 362 g/mol. The molecule has 1 saturated heterocycles. The van der Waals surface area contributed by atoms with Crippen molar-refractivity contribution < 1.29 is 24.2 Å². The molecule has 1 aromatic heterocycles. The van der Waals surface area contributed by atoms with E-state index in [0.717, 1.165) is 0 Å². The number of nitrogens with zero attached hydrogens (tertiary/aromatic N) is 3. The van der Waals surface area contributed by atoms with E-state index in [1.165, 1.54) is 6.20 Å². The highest BCUT2D eigenvalue weighted by atomic mass is 16.5. The lowest BCUT2D eigenvalue weighted by Crippen LogP contribution is -2.39. The standard InChI is InChI=1S/C20H25N3O5/c1-13(2)28-18-10-16(27-3)4-5-17(18)19(24)22-8-6-15(7-9-22)23-12-14(11-21-23)20(25)26/h4-5,10-13,15H,6-9H2,1-3H3,(H,25,26). The molecule has 0 atom stereocenters. The van der Waals surface area contributed by atoms with Gasteiger partial charge in [-0.1, -0.05) is 0 Å². The molecular formula is C20H25N3O5. The van der Waals surface area contributed by atoms with Gasteiger partial charge in [-0.2, -0.15) is 5.10 Å². The molecule has 3 rings (SSSR count). The first-order valence-electron chi connectivity index (χ1n) is 9.30. The molecule has 8 heteroatoms. The van der Waals surface area contributed by atoms with Gasteiger partial charge in [0, 0.05) is 25.4 Å². The highest BCUT2D eigenvalue weighted by Crippen LogP contribution is 2.29. The minimum atomic E-state index is -0.990. The van der Waals surface area contributed by atoms with Gasteiger partial charge in [0.05, 0.1) is 36.6 Å². The van der Waals surface area contributed by atoms with Gasteiger partial charge >= 0.3 is 5.97 Å². The second-order valence-corrected chi connectivity index (χ2v) is 7.07. The van der Waals surface area contributed by atoms with Gasteiger partial charge in [0.15, 0.2) is 0 Å². The Balaban J connectivity index is 1.70. The number of benzene rings is 1. The first-order valence-corrected chi connectivity index (χ1v) is 9.30. The zero-order valence-electron chi connectivity index (χ0n) is 16.3. The van der Waals surface area contributed by atoms with E-state index in [1.807, 2.05) is 13.8 Å². The Bertz CT molecular complexity index is 853.